The van der Waals surface area contributed by atoms with Crippen molar-refractivity contribution in [3.8, 4) is 5.75 Å². The van der Waals surface area contributed by atoms with Gasteiger partial charge in [-0.3, -0.25) is 4.79 Å². The molecule has 0 fully saturated rings. The largest absolute Gasteiger partial charge is 0.489 e. The minimum atomic E-state index is -2.01. The number of ether oxygens (including phenoxy) is 1. The molecule has 0 unspecified atom stereocenters. The maximum atomic E-state index is 13.0. The summed E-state index contributed by atoms with van der Waals surface area (Å²) in [7, 11) is 0. The molecular formula is C15H10Cl3FO2. The Morgan fingerprint density at radius 3 is 2.48 bits per heavy atom. The molecule has 0 aliphatic carbocycles. The second-order valence-corrected chi connectivity index (χ2v) is 6.55. The SMILES string of the molecule is O=C(c1cccc(OCc2cccc(F)c2)c1)C(Cl)(Cl)Cl. The van der Waals surface area contributed by atoms with E-state index >= 15 is 0 Å². The van der Waals surface area contributed by atoms with Gasteiger partial charge >= 0.3 is 0 Å². The molecular weight excluding hydrogens is 338 g/mol. The maximum Gasteiger partial charge on any atom is 0.253 e. The monoisotopic (exact) mass is 346 g/mol. The van der Waals surface area contributed by atoms with E-state index in [1.807, 2.05) is 0 Å². The van der Waals surface area contributed by atoms with Gasteiger partial charge < -0.3 is 4.74 Å². The molecule has 0 radical (unpaired) electrons. The third-order valence-corrected chi connectivity index (χ3v) is 3.16. The standard InChI is InChI=1S/C15H10Cl3FO2/c16-15(17,18)14(20)11-4-2-6-13(8-11)21-9-10-3-1-5-12(19)7-10/h1-8H,9H2. The Balaban J connectivity index is 2.10. The van der Waals surface area contributed by atoms with Gasteiger partial charge in [0.05, 0.1) is 0 Å². The number of carbonyl (C=O) groups excluding carboxylic acids is 1. The molecule has 2 aromatic carbocycles. The normalized spacial score (nSPS) is 11.2. The van der Waals surface area contributed by atoms with Crippen molar-refractivity contribution in [3.05, 3.63) is 65.5 Å². The maximum absolute atomic E-state index is 13.0. The fourth-order valence-corrected chi connectivity index (χ4v) is 2.01. The number of benzene rings is 2. The molecule has 6 heteroatoms. The van der Waals surface area contributed by atoms with Gasteiger partial charge in [-0.15, -0.1) is 0 Å². The third-order valence-electron chi connectivity index (χ3n) is 2.65. The second kappa shape index (κ2) is 6.65. The minimum absolute atomic E-state index is 0.170. The molecule has 0 bridgehead atoms. The number of halogens is 4. The smallest absolute Gasteiger partial charge is 0.253 e. The van der Waals surface area contributed by atoms with Gasteiger partial charge in [0.1, 0.15) is 18.2 Å². The lowest BCUT2D eigenvalue weighted by Crippen LogP contribution is -2.18. The van der Waals surface area contributed by atoms with E-state index in [9.17, 15) is 9.18 Å². The van der Waals surface area contributed by atoms with Crippen LogP contribution in [0.3, 0.4) is 0 Å². The van der Waals surface area contributed by atoms with Crippen molar-refractivity contribution in [2.75, 3.05) is 0 Å². The molecule has 0 saturated heterocycles. The topological polar surface area (TPSA) is 26.3 Å². The Labute approximate surface area is 136 Å². The summed E-state index contributed by atoms with van der Waals surface area (Å²) in [5.74, 6) is -0.542. The van der Waals surface area contributed by atoms with Crippen LogP contribution >= 0.6 is 34.8 Å². The van der Waals surface area contributed by atoms with Crippen molar-refractivity contribution in [2.24, 2.45) is 0 Å². The lowest BCUT2D eigenvalue weighted by molar-refractivity contribution is 0.0996. The summed E-state index contributed by atoms with van der Waals surface area (Å²) in [6.07, 6.45) is 0. The van der Waals surface area contributed by atoms with Gasteiger partial charge in [-0.1, -0.05) is 59.1 Å². The van der Waals surface area contributed by atoms with Gasteiger partial charge in [-0.05, 0) is 29.8 Å². The number of Topliss-reactive ketones (excluding diaryl/α,β-unsaturated/α-hetero) is 1. The average Bonchev–Trinajstić information content (AvgIpc) is 2.44. The average molecular weight is 348 g/mol. The first-order valence-corrected chi connectivity index (χ1v) is 7.08. The van der Waals surface area contributed by atoms with Crippen molar-refractivity contribution >= 4 is 40.6 Å². The van der Waals surface area contributed by atoms with Gasteiger partial charge in [-0.2, -0.15) is 0 Å². The number of hydrogen-bond donors (Lipinski definition) is 0. The number of rotatable bonds is 4. The quantitative estimate of drug-likeness (QED) is 0.577. The Morgan fingerprint density at radius 1 is 1.10 bits per heavy atom. The van der Waals surface area contributed by atoms with E-state index < -0.39 is 9.58 Å². The number of ketones is 1. The first-order chi connectivity index (χ1) is 9.86. The molecule has 2 rings (SSSR count). The fourth-order valence-electron chi connectivity index (χ4n) is 1.68. The van der Waals surface area contributed by atoms with E-state index in [2.05, 4.69) is 0 Å². The molecule has 0 aromatic heterocycles. The summed E-state index contributed by atoms with van der Waals surface area (Å²) in [6, 6.07) is 12.3. The van der Waals surface area contributed by atoms with Gasteiger partial charge in [0.2, 0.25) is 5.78 Å². The van der Waals surface area contributed by atoms with Crippen LogP contribution in [0.1, 0.15) is 15.9 Å². The highest BCUT2D eigenvalue weighted by Crippen LogP contribution is 2.31. The molecule has 0 aliphatic rings. The Bertz CT molecular complexity index is 653. The highest BCUT2D eigenvalue weighted by molar-refractivity contribution is 6.77. The van der Waals surface area contributed by atoms with Crippen LogP contribution in [0.25, 0.3) is 0 Å². The van der Waals surface area contributed by atoms with Crippen LogP contribution in [-0.4, -0.2) is 9.58 Å². The van der Waals surface area contributed by atoms with Crippen LogP contribution in [0.4, 0.5) is 4.39 Å². The van der Waals surface area contributed by atoms with Crippen molar-refractivity contribution in [3.63, 3.8) is 0 Å². The molecule has 0 spiro atoms. The van der Waals surface area contributed by atoms with Crippen LogP contribution in [0.15, 0.2) is 48.5 Å². The van der Waals surface area contributed by atoms with Gasteiger partial charge in [-0.25, -0.2) is 4.39 Å². The van der Waals surface area contributed by atoms with Crippen LogP contribution in [0.2, 0.25) is 0 Å². The van der Waals surface area contributed by atoms with E-state index in [-0.39, 0.29) is 18.0 Å². The van der Waals surface area contributed by atoms with Crippen molar-refractivity contribution in [1.29, 1.82) is 0 Å². The summed E-state index contributed by atoms with van der Waals surface area (Å²) in [4.78, 5) is 11.8. The summed E-state index contributed by atoms with van der Waals surface area (Å²) < 4.78 is 16.5. The Morgan fingerprint density at radius 2 is 1.81 bits per heavy atom. The highest BCUT2D eigenvalue weighted by atomic mass is 35.6. The van der Waals surface area contributed by atoms with Crippen LogP contribution in [0.5, 0.6) is 5.75 Å². The molecule has 21 heavy (non-hydrogen) atoms. The molecule has 0 heterocycles. The summed E-state index contributed by atoms with van der Waals surface area (Å²) >= 11 is 16.7. The van der Waals surface area contributed by atoms with Crippen LogP contribution in [-0.2, 0) is 6.61 Å². The molecule has 2 nitrogen and oxygen atoms in total. The first-order valence-electron chi connectivity index (χ1n) is 5.95. The molecule has 0 N–H and O–H groups in total. The third kappa shape index (κ3) is 4.60. The van der Waals surface area contributed by atoms with Gasteiger partial charge in [0.15, 0.2) is 0 Å². The lowest BCUT2D eigenvalue weighted by Gasteiger charge is -2.11. The number of carbonyl (C=O) groups is 1. The van der Waals surface area contributed by atoms with E-state index in [4.69, 9.17) is 39.5 Å². The highest BCUT2D eigenvalue weighted by Gasteiger charge is 2.31. The zero-order valence-corrected chi connectivity index (χ0v) is 12.9. The van der Waals surface area contributed by atoms with Crippen molar-refractivity contribution in [2.45, 2.75) is 10.4 Å². The van der Waals surface area contributed by atoms with Crippen molar-refractivity contribution in [1.82, 2.24) is 0 Å². The van der Waals surface area contributed by atoms with E-state index in [1.165, 1.54) is 24.3 Å². The lowest BCUT2D eigenvalue weighted by atomic mass is 10.1. The Kier molecular flexibility index (Phi) is 5.09. The zero-order chi connectivity index (χ0) is 15.5. The first kappa shape index (κ1) is 16.1. The molecule has 0 amide bonds. The van der Waals surface area contributed by atoms with E-state index in [0.29, 0.717) is 11.3 Å². The summed E-state index contributed by atoms with van der Waals surface area (Å²) in [5, 5.41) is 0. The number of alkyl halides is 3. The predicted molar refractivity (Wildman–Crippen MR) is 81.8 cm³/mol. The predicted octanol–water partition coefficient (Wildman–Crippen LogP) is 4.96. The molecule has 0 aliphatic heterocycles. The van der Waals surface area contributed by atoms with Gasteiger partial charge in [0.25, 0.3) is 3.79 Å². The fraction of sp³-hybridized carbons (Fsp3) is 0.133. The van der Waals surface area contributed by atoms with E-state index in [0.717, 1.165) is 0 Å². The second-order valence-electron chi connectivity index (χ2n) is 4.27. The van der Waals surface area contributed by atoms with Crippen LogP contribution in [0, 0.1) is 5.82 Å². The molecule has 110 valence electrons. The molecule has 0 saturated carbocycles. The summed E-state index contributed by atoms with van der Waals surface area (Å²) in [6.45, 7) is 0.170. The summed E-state index contributed by atoms with van der Waals surface area (Å²) in [5.41, 5.74) is 0.903. The Hall–Kier alpha value is -1.29. The van der Waals surface area contributed by atoms with Crippen molar-refractivity contribution < 1.29 is 13.9 Å². The number of hydrogen-bond acceptors (Lipinski definition) is 2. The molecule has 0 atom stereocenters. The van der Waals surface area contributed by atoms with Crippen LogP contribution < -0.4 is 4.74 Å². The van der Waals surface area contributed by atoms with Gasteiger partial charge in [0, 0.05) is 5.56 Å². The minimum Gasteiger partial charge on any atom is -0.489 e. The molecule has 2 aromatic rings. The zero-order valence-electron chi connectivity index (χ0n) is 10.7. The van der Waals surface area contributed by atoms with E-state index in [1.54, 1.807) is 24.3 Å².